The molecule has 2 aromatic rings. The lowest BCUT2D eigenvalue weighted by Gasteiger charge is -2.08. The van der Waals surface area contributed by atoms with Gasteiger partial charge in [0.05, 0.1) is 5.69 Å². The minimum Gasteiger partial charge on any atom is -0.434 e. The van der Waals surface area contributed by atoms with Crippen LogP contribution < -0.4 is 10.5 Å². The second-order valence-corrected chi connectivity index (χ2v) is 3.36. The standard InChI is InChI=1S/C11H11F2N3O/c12-11(13)17-10-4-2-1-3-8(10)9-5-7(6-14)15-16-9/h1-5,11H,6,14H2,(H,15,16). The monoisotopic (exact) mass is 239 g/mol. The number of nitrogens with one attached hydrogen (secondary N) is 1. The third-order valence-corrected chi connectivity index (χ3v) is 2.23. The quantitative estimate of drug-likeness (QED) is 0.859. The molecule has 17 heavy (non-hydrogen) atoms. The molecule has 3 N–H and O–H groups in total. The number of para-hydroxylation sites is 1. The number of halogens is 2. The number of hydrogen-bond acceptors (Lipinski definition) is 3. The third kappa shape index (κ3) is 2.59. The molecule has 0 saturated carbocycles. The Kier molecular flexibility index (Phi) is 3.34. The van der Waals surface area contributed by atoms with Gasteiger partial charge >= 0.3 is 6.61 Å². The normalized spacial score (nSPS) is 10.8. The van der Waals surface area contributed by atoms with Gasteiger partial charge in [0, 0.05) is 17.8 Å². The lowest BCUT2D eigenvalue weighted by molar-refractivity contribution is -0.0494. The van der Waals surface area contributed by atoms with Crippen molar-refractivity contribution in [3.8, 4) is 17.0 Å². The Labute approximate surface area is 96.4 Å². The fourth-order valence-electron chi connectivity index (χ4n) is 1.48. The van der Waals surface area contributed by atoms with E-state index in [9.17, 15) is 8.78 Å². The number of nitrogens with two attached hydrogens (primary N) is 1. The van der Waals surface area contributed by atoms with Crippen molar-refractivity contribution in [1.82, 2.24) is 10.2 Å². The molecule has 4 nitrogen and oxygen atoms in total. The first-order valence-corrected chi connectivity index (χ1v) is 4.99. The maximum absolute atomic E-state index is 12.2. The first-order valence-electron chi connectivity index (χ1n) is 4.99. The van der Waals surface area contributed by atoms with Gasteiger partial charge in [-0.15, -0.1) is 0 Å². The molecule has 0 atom stereocenters. The van der Waals surface area contributed by atoms with Crippen molar-refractivity contribution in [3.63, 3.8) is 0 Å². The largest absolute Gasteiger partial charge is 0.434 e. The van der Waals surface area contributed by atoms with Crippen LogP contribution in [0.2, 0.25) is 0 Å². The van der Waals surface area contributed by atoms with E-state index in [1.54, 1.807) is 24.3 Å². The van der Waals surface area contributed by atoms with E-state index in [1.807, 2.05) is 0 Å². The summed E-state index contributed by atoms with van der Waals surface area (Å²) in [7, 11) is 0. The molecule has 1 aromatic heterocycles. The van der Waals surface area contributed by atoms with E-state index in [-0.39, 0.29) is 5.75 Å². The number of aromatic nitrogens is 2. The number of hydrogen-bond donors (Lipinski definition) is 2. The molecule has 1 heterocycles. The van der Waals surface area contributed by atoms with Gasteiger partial charge in [0.1, 0.15) is 5.75 Å². The van der Waals surface area contributed by atoms with E-state index in [0.717, 1.165) is 5.69 Å². The van der Waals surface area contributed by atoms with Gasteiger partial charge in [0.25, 0.3) is 0 Å². The summed E-state index contributed by atoms with van der Waals surface area (Å²) >= 11 is 0. The Hall–Kier alpha value is -1.95. The third-order valence-electron chi connectivity index (χ3n) is 2.23. The Morgan fingerprint density at radius 3 is 2.76 bits per heavy atom. The fraction of sp³-hybridized carbons (Fsp3) is 0.182. The number of benzene rings is 1. The van der Waals surface area contributed by atoms with Crippen molar-refractivity contribution in [2.45, 2.75) is 13.2 Å². The minimum absolute atomic E-state index is 0.0950. The number of alkyl halides is 2. The molecule has 0 aliphatic heterocycles. The number of aromatic amines is 1. The van der Waals surface area contributed by atoms with Crippen LogP contribution in [0.3, 0.4) is 0 Å². The summed E-state index contributed by atoms with van der Waals surface area (Å²) in [6.07, 6.45) is 0. The fourth-order valence-corrected chi connectivity index (χ4v) is 1.48. The van der Waals surface area contributed by atoms with Crippen LogP contribution in [-0.4, -0.2) is 16.8 Å². The van der Waals surface area contributed by atoms with Gasteiger partial charge in [-0.1, -0.05) is 12.1 Å². The van der Waals surface area contributed by atoms with Crippen molar-refractivity contribution >= 4 is 0 Å². The van der Waals surface area contributed by atoms with Crippen LogP contribution >= 0.6 is 0 Å². The van der Waals surface area contributed by atoms with E-state index in [1.165, 1.54) is 6.07 Å². The minimum atomic E-state index is -2.86. The van der Waals surface area contributed by atoms with E-state index in [4.69, 9.17) is 5.73 Å². The first-order chi connectivity index (χ1) is 8.20. The SMILES string of the molecule is NCc1cc(-c2ccccc2OC(F)F)n[nH]1. The van der Waals surface area contributed by atoms with E-state index in [2.05, 4.69) is 14.9 Å². The zero-order valence-corrected chi connectivity index (χ0v) is 8.86. The highest BCUT2D eigenvalue weighted by molar-refractivity contribution is 5.67. The topological polar surface area (TPSA) is 63.9 Å². The summed E-state index contributed by atoms with van der Waals surface area (Å²) in [5.41, 5.74) is 7.20. The molecule has 0 aliphatic carbocycles. The highest BCUT2D eigenvalue weighted by Crippen LogP contribution is 2.29. The number of nitrogens with zero attached hydrogens (tertiary/aromatic N) is 1. The van der Waals surface area contributed by atoms with Crippen molar-refractivity contribution in [3.05, 3.63) is 36.0 Å². The van der Waals surface area contributed by atoms with Gasteiger partial charge in [0.2, 0.25) is 0 Å². The predicted molar refractivity (Wildman–Crippen MR) is 58.5 cm³/mol. The Morgan fingerprint density at radius 1 is 1.35 bits per heavy atom. The van der Waals surface area contributed by atoms with Gasteiger partial charge < -0.3 is 10.5 Å². The molecular weight excluding hydrogens is 228 g/mol. The van der Waals surface area contributed by atoms with Crippen LogP contribution in [0.15, 0.2) is 30.3 Å². The molecule has 0 bridgehead atoms. The van der Waals surface area contributed by atoms with Gasteiger partial charge in [-0.2, -0.15) is 13.9 Å². The van der Waals surface area contributed by atoms with Crippen molar-refractivity contribution < 1.29 is 13.5 Å². The van der Waals surface area contributed by atoms with Crippen LogP contribution in [0.1, 0.15) is 5.69 Å². The van der Waals surface area contributed by atoms with Gasteiger partial charge in [-0.05, 0) is 18.2 Å². The van der Waals surface area contributed by atoms with Gasteiger partial charge in [-0.3, -0.25) is 5.10 Å². The van der Waals surface area contributed by atoms with Crippen LogP contribution in [-0.2, 0) is 6.54 Å². The summed E-state index contributed by atoms with van der Waals surface area (Å²) in [6, 6.07) is 8.18. The lowest BCUT2D eigenvalue weighted by Crippen LogP contribution is -2.03. The second kappa shape index (κ2) is 4.92. The maximum Gasteiger partial charge on any atom is 0.387 e. The molecule has 2 rings (SSSR count). The number of rotatable bonds is 4. The molecular formula is C11H11F2N3O. The summed E-state index contributed by atoms with van der Waals surface area (Å²) < 4.78 is 28.9. The summed E-state index contributed by atoms with van der Waals surface area (Å²) in [5, 5.41) is 6.71. The van der Waals surface area contributed by atoms with Crippen molar-refractivity contribution in [2.24, 2.45) is 5.73 Å². The molecule has 0 unspecified atom stereocenters. The first kappa shape index (κ1) is 11.5. The van der Waals surface area contributed by atoms with Gasteiger partial charge in [-0.25, -0.2) is 0 Å². The molecule has 6 heteroatoms. The molecule has 0 fully saturated rings. The zero-order chi connectivity index (χ0) is 12.3. The molecule has 0 aliphatic rings. The van der Waals surface area contributed by atoms with Gasteiger partial charge in [0.15, 0.2) is 0 Å². The Balaban J connectivity index is 2.36. The van der Waals surface area contributed by atoms with E-state index < -0.39 is 6.61 Å². The molecule has 0 amide bonds. The number of H-pyrrole nitrogens is 1. The number of ether oxygens (including phenoxy) is 1. The maximum atomic E-state index is 12.2. The van der Waals surface area contributed by atoms with Crippen molar-refractivity contribution in [1.29, 1.82) is 0 Å². The summed E-state index contributed by atoms with van der Waals surface area (Å²) in [5.74, 6) is 0.0950. The highest BCUT2D eigenvalue weighted by Gasteiger charge is 2.12. The van der Waals surface area contributed by atoms with Crippen molar-refractivity contribution in [2.75, 3.05) is 0 Å². The van der Waals surface area contributed by atoms with Crippen LogP contribution in [0.25, 0.3) is 11.3 Å². The average molecular weight is 239 g/mol. The van der Waals surface area contributed by atoms with Crippen LogP contribution in [0.5, 0.6) is 5.75 Å². The van der Waals surface area contributed by atoms with E-state index in [0.29, 0.717) is 17.8 Å². The van der Waals surface area contributed by atoms with Crippen LogP contribution in [0, 0.1) is 0 Å². The Morgan fingerprint density at radius 2 is 2.12 bits per heavy atom. The highest BCUT2D eigenvalue weighted by atomic mass is 19.3. The second-order valence-electron chi connectivity index (χ2n) is 3.36. The smallest absolute Gasteiger partial charge is 0.387 e. The molecule has 90 valence electrons. The zero-order valence-electron chi connectivity index (χ0n) is 8.86. The Bertz CT molecular complexity index is 499. The predicted octanol–water partition coefficient (Wildman–Crippen LogP) is 2.14. The molecule has 0 spiro atoms. The molecule has 0 saturated heterocycles. The summed E-state index contributed by atoms with van der Waals surface area (Å²) in [4.78, 5) is 0. The van der Waals surface area contributed by atoms with E-state index >= 15 is 0 Å². The van der Waals surface area contributed by atoms with Crippen LogP contribution in [0.4, 0.5) is 8.78 Å². The lowest BCUT2D eigenvalue weighted by atomic mass is 10.1. The molecule has 0 radical (unpaired) electrons. The average Bonchev–Trinajstić information content (AvgIpc) is 2.77. The summed E-state index contributed by atoms with van der Waals surface area (Å²) in [6.45, 7) is -2.55. The molecule has 1 aromatic carbocycles.